The van der Waals surface area contributed by atoms with E-state index in [4.69, 9.17) is 0 Å². The molecule has 0 aromatic heterocycles. The Labute approximate surface area is 193 Å². The van der Waals surface area contributed by atoms with Gasteiger partial charge in [0.05, 0.1) is 4.90 Å². The summed E-state index contributed by atoms with van der Waals surface area (Å²) in [6.07, 6.45) is 10.5. The molecule has 0 spiro atoms. The lowest BCUT2D eigenvalue weighted by atomic mass is 10.0. The molecule has 3 aliphatic rings. The van der Waals surface area contributed by atoms with Gasteiger partial charge in [-0.05, 0) is 62.1 Å². The second-order valence-corrected chi connectivity index (χ2v) is 11.6. The number of nitrogens with zero attached hydrogens (tertiary/aromatic N) is 2. The SMILES string of the molecule is O=C(NCc1ccc(S(=O)(=O)N2CCCCC2)cc1)NC1CCN(CC2CCCC2)CC1. The van der Waals surface area contributed by atoms with E-state index in [2.05, 4.69) is 15.5 Å². The topological polar surface area (TPSA) is 81.8 Å². The highest BCUT2D eigenvalue weighted by atomic mass is 32.2. The summed E-state index contributed by atoms with van der Waals surface area (Å²) < 4.78 is 27.1. The number of hydrogen-bond acceptors (Lipinski definition) is 4. The van der Waals surface area contributed by atoms with Gasteiger partial charge in [0.1, 0.15) is 0 Å². The van der Waals surface area contributed by atoms with E-state index >= 15 is 0 Å². The molecule has 32 heavy (non-hydrogen) atoms. The van der Waals surface area contributed by atoms with Crippen molar-refractivity contribution in [1.29, 1.82) is 0 Å². The molecule has 178 valence electrons. The van der Waals surface area contributed by atoms with Crippen LogP contribution in [0.2, 0.25) is 0 Å². The lowest BCUT2D eigenvalue weighted by Crippen LogP contribution is -2.48. The van der Waals surface area contributed by atoms with Crippen molar-refractivity contribution in [3.63, 3.8) is 0 Å². The molecule has 1 aliphatic carbocycles. The maximum absolute atomic E-state index is 12.7. The van der Waals surface area contributed by atoms with E-state index in [1.165, 1.54) is 32.2 Å². The van der Waals surface area contributed by atoms with Crippen molar-refractivity contribution < 1.29 is 13.2 Å². The van der Waals surface area contributed by atoms with E-state index < -0.39 is 10.0 Å². The highest BCUT2D eigenvalue weighted by molar-refractivity contribution is 7.89. The number of nitrogens with one attached hydrogen (secondary N) is 2. The number of sulfonamides is 1. The van der Waals surface area contributed by atoms with Crippen LogP contribution >= 0.6 is 0 Å². The zero-order chi connectivity index (χ0) is 22.4. The summed E-state index contributed by atoms with van der Waals surface area (Å²) in [5.74, 6) is 0.879. The first-order valence-electron chi connectivity index (χ1n) is 12.4. The van der Waals surface area contributed by atoms with Gasteiger partial charge in [-0.25, -0.2) is 13.2 Å². The van der Waals surface area contributed by atoms with E-state index in [9.17, 15) is 13.2 Å². The van der Waals surface area contributed by atoms with Gasteiger partial charge in [-0.2, -0.15) is 4.31 Å². The van der Waals surface area contributed by atoms with E-state index in [0.717, 1.165) is 56.7 Å². The van der Waals surface area contributed by atoms with Crippen LogP contribution in [0.5, 0.6) is 0 Å². The van der Waals surface area contributed by atoms with Crippen molar-refractivity contribution in [2.75, 3.05) is 32.7 Å². The largest absolute Gasteiger partial charge is 0.335 e. The summed E-state index contributed by atoms with van der Waals surface area (Å²) in [4.78, 5) is 15.2. The number of piperidine rings is 2. The minimum absolute atomic E-state index is 0.149. The van der Waals surface area contributed by atoms with Crippen LogP contribution in [0.1, 0.15) is 63.4 Å². The summed E-state index contributed by atoms with van der Waals surface area (Å²) in [5, 5.41) is 6.02. The maximum atomic E-state index is 12.7. The van der Waals surface area contributed by atoms with Crippen molar-refractivity contribution in [1.82, 2.24) is 19.8 Å². The minimum atomic E-state index is -3.41. The Hall–Kier alpha value is -1.64. The Morgan fingerprint density at radius 1 is 0.875 bits per heavy atom. The van der Waals surface area contributed by atoms with Gasteiger partial charge in [0.25, 0.3) is 0 Å². The third-order valence-corrected chi connectivity index (χ3v) is 9.16. The van der Waals surface area contributed by atoms with E-state index in [0.29, 0.717) is 24.5 Å². The monoisotopic (exact) mass is 462 g/mol. The van der Waals surface area contributed by atoms with Gasteiger partial charge in [-0.1, -0.05) is 31.4 Å². The minimum Gasteiger partial charge on any atom is -0.335 e. The Bertz CT molecular complexity index is 839. The predicted octanol–water partition coefficient (Wildman–Crippen LogP) is 3.32. The predicted molar refractivity (Wildman–Crippen MR) is 126 cm³/mol. The molecule has 1 aromatic rings. The van der Waals surface area contributed by atoms with Crippen LogP contribution in [0.25, 0.3) is 0 Å². The zero-order valence-electron chi connectivity index (χ0n) is 19.1. The van der Waals surface area contributed by atoms with Gasteiger partial charge in [-0.15, -0.1) is 0 Å². The van der Waals surface area contributed by atoms with Crippen LogP contribution in [0.4, 0.5) is 4.79 Å². The molecule has 1 aromatic carbocycles. The molecule has 0 bridgehead atoms. The van der Waals surface area contributed by atoms with Crippen molar-refractivity contribution in [2.24, 2.45) is 5.92 Å². The number of carbonyl (C=O) groups excluding carboxylic acids is 1. The summed E-state index contributed by atoms with van der Waals surface area (Å²) in [5.41, 5.74) is 0.893. The summed E-state index contributed by atoms with van der Waals surface area (Å²) >= 11 is 0. The number of rotatable bonds is 7. The molecule has 3 fully saturated rings. The molecule has 2 aliphatic heterocycles. The highest BCUT2D eigenvalue weighted by Crippen LogP contribution is 2.26. The van der Waals surface area contributed by atoms with Gasteiger partial charge in [0.2, 0.25) is 10.0 Å². The van der Waals surface area contributed by atoms with Crippen LogP contribution in [-0.2, 0) is 16.6 Å². The van der Waals surface area contributed by atoms with E-state index in [-0.39, 0.29) is 12.1 Å². The Kier molecular flexibility index (Phi) is 8.07. The van der Waals surface area contributed by atoms with Gasteiger partial charge in [0, 0.05) is 45.3 Å². The zero-order valence-corrected chi connectivity index (χ0v) is 19.9. The fourth-order valence-electron chi connectivity index (χ4n) is 5.27. The lowest BCUT2D eigenvalue weighted by molar-refractivity contribution is 0.171. The number of hydrogen-bond donors (Lipinski definition) is 2. The summed E-state index contributed by atoms with van der Waals surface area (Å²) in [6.45, 7) is 4.94. The van der Waals surface area contributed by atoms with Crippen molar-refractivity contribution >= 4 is 16.1 Å². The van der Waals surface area contributed by atoms with E-state index in [1.807, 2.05) is 0 Å². The smallest absolute Gasteiger partial charge is 0.315 e. The van der Waals surface area contributed by atoms with Crippen molar-refractivity contribution in [3.8, 4) is 0 Å². The van der Waals surface area contributed by atoms with Crippen LogP contribution in [0.15, 0.2) is 29.2 Å². The van der Waals surface area contributed by atoms with Gasteiger partial charge in [-0.3, -0.25) is 0 Å². The summed E-state index contributed by atoms with van der Waals surface area (Å²) in [6, 6.07) is 6.96. The lowest BCUT2D eigenvalue weighted by Gasteiger charge is -2.33. The number of benzene rings is 1. The Balaban J connectivity index is 1.18. The van der Waals surface area contributed by atoms with Gasteiger partial charge in [0.15, 0.2) is 0 Å². The molecular weight excluding hydrogens is 424 g/mol. The maximum Gasteiger partial charge on any atom is 0.315 e. The molecule has 4 rings (SSSR count). The third kappa shape index (κ3) is 6.23. The number of likely N-dealkylation sites (tertiary alicyclic amines) is 1. The highest BCUT2D eigenvalue weighted by Gasteiger charge is 2.26. The number of carbonyl (C=O) groups is 1. The molecule has 0 radical (unpaired) electrons. The number of urea groups is 1. The Morgan fingerprint density at radius 2 is 1.53 bits per heavy atom. The molecule has 2 heterocycles. The second-order valence-electron chi connectivity index (χ2n) is 9.66. The fourth-order valence-corrected chi connectivity index (χ4v) is 6.79. The third-order valence-electron chi connectivity index (χ3n) is 7.24. The fraction of sp³-hybridized carbons (Fsp3) is 0.708. The molecule has 0 unspecified atom stereocenters. The first-order valence-corrected chi connectivity index (χ1v) is 13.8. The van der Waals surface area contributed by atoms with Crippen LogP contribution in [0.3, 0.4) is 0 Å². The summed E-state index contributed by atoms with van der Waals surface area (Å²) in [7, 11) is -3.41. The van der Waals surface area contributed by atoms with Crippen molar-refractivity contribution in [3.05, 3.63) is 29.8 Å². The standard InChI is InChI=1S/C24H38N4O3S/c29-24(26-22-12-16-27(17-13-22)19-21-6-2-3-7-21)25-18-20-8-10-23(11-9-20)32(30,31)28-14-4-1-5-15-28/h8-11,21-22H,1-7,12-19H2,(H2,25,26,29). The molecule has 0 atom stereocenters. The average molecular weight is 463 g/mol. The van der Waals surface area contributed by atoms with Crippen molar-refractivity contribution in [2.45, 2.75) is 75.3 Å². The Morgan fingerprint density at radius 3 is 2.19 bits per heavy atom. The van der Waals surface area contributed by atoms with Crippen LogP contribution < -0.4 is 10.6 Å². The molecule has 8 heteroatoms. The molecule has 2 saturated heterocycles. The van der Waals surface area contributed by atoms with Gasteiger partial charge < -0.3 is 15.5 Å². The molecule has 7 nitrogen and oxygen atoms in total. The second kappa shape index (κ2) is 11.0. The van der Waals surface area contributed by atoms with Crippen LogP contribution in [0, 0.1) is 5.92 Å². The first kappa shape index (κ1) is 23.5. The number of amides is 2. The molecule has 2 amide bonds. The van der Waals surface area contributed by atoms with Crippen LogP contribution in [-0.4, -0.2) is 62.4 Å². The normalized spacial score (nSPS) is 22.1. The van der Waals surface area contributed by atoms with Gasteiger partial charge >= 0.3 is 6.03 Å². The molecule has 1 saturated carbocycles. The molecular formula is C24H38N4O3S. The molecule has 2 N–H and O–H groups in total. The first-order chi connectivity index (χ1) is 15.5. The van der Waals surface area contributed by atoms with E-state index in [1.54, 1.807) is 28.6 Å². The quantitative estimate of drug-likeness (QED) is 0.651. The average Bonchev–Trinajstić information content (AvgIpc) is 3.33.